The summed E-state index contributed by atoms with van der Waals surface area (Å²) < 4.78 is 5.69. The van der Waals surface area contributed by atoms with Crippen molar-refractivity contribution in [2.24, 2.45) is 0 Å². The van der Waals surface area contributed by atoms with E-state index in [1.807, 2.05) is 4.90 Å². The lowest BCUT2D eigenvalue weighted by Gasteiger charge is -2.22. The van der Waals surface area contributed by atoms with E-state index in [2.05, 4.69) is 47.0 Å². The lowest BCUT2D eigenvalue weighted by Crippen LogP contribution is -2.29. The zero-order valence-electron chi connectivity index (χ0n) is 13.6. The number of anilines is 2. The minimum atomic E-state index is -0.760. The Hall–Kier alpha value is -2.03. The SMILES string of the molecule is C#CC(C)(C)Oc1nc(NCCC)nc(N(CC)CC)n1. The van der Waals surface area contributed by atoms with Crippen LogP contribution in [0.3, 0.4) is 0 Å². The van der Waals surface area contributed by atoms with Crippen LogP contribution in [0.2, 0.25) is 0 Å². The zero-order valence-corrected chi connectivity index (χ0v) is 13.6. The molecule has 0 spiro atoms. The van der Waals surface area contributed by atoms with Crippen molar-refractivity contribution in [1.29, 1.82) is 0 Å². The average Bonchev–Trinajstić information content (AvgIpc) is 2.46. The predicted molar refractivity (Wildman–Crippen MR) is 85.7 cm³/mol. The van der Waals surface area contributed by atoms with Gasteiger partial charge >= 0.3 is 6.01 Å². The maximum absolute atomic E-state index is 5.69. The minimum Gasteiger partial charge on any atom is -0.444 e. The number of rotatable bonds is 8. The highest BCUT2D eigenvalue weighted by molar-refractivity contribution is 5.38. The van der Waals surface area contributed by atoms with Gasteiger partial charge in [0.05, 0.1) is 0 Å². The van der Waals surface area contributed by atoms with Gasteiger partial charge in [-0.1, -0.05) is 12.8 Å². The molecule has 6 heteroatoms. The van der Waals surface area contributed by atoms with Crippen LogP contribution >= 0.6 is 0 Å². The van der Waals surface area contributed by atoms with Gasteiger partial charge in [0.15, 0.2) is 5.60 Å². The van der Waals surface area contributed by atoms with Crippen LogP contribution in [-0.2, 0) is 0 Å². The highest BCUT2D eigenvalue weighted by Crippen LogP contribution is 2.18. The normalized spacial score (nSPS) is 10.9. The van der Waals surface area contributed by atoms with E-state index >= 15 is 0 Å². The van der Waals surface area contributed by atoms with Crippen molar-refractivity contribution in [3.63, 3.8) is 0 Å². The van der Waals surface area contributed by atoms with Crippen LogP contribution in [0, 0.1) is 12.3 Å². The Morgan fingerprint density at radius 2 is 1.86 bits per heavy atom. The summed E-state index contributed by atoms with van der Waals surface area (Å²) in [5.41, 5.74) is -0.760. The Morgan fingerprint density at radius 3 is 2.38 bits per heavy atom. The second kappa shape index (κ2) is 7.67. The van der Waals surface area contributed by atoms with Crippen LogP contribution in [0.4, 0.5) is 11.9 Å². The van der Waals surface area contributed by atoms with Gasteiger partial charge in [-0.05, 0) is 34.1 Å². The van der Waals surface area contributed by atoms with Gasteiger partial charge in [-0.25, -0.2) is 0 Å². The lowest BCUT2D eigenvalue weighted by molar-refractivity contribution is 0.156. The molecule has 1 aromatic heterocycles. The quantitative estimate of drug-likeness (QED) is 0.742. The van der Waals surface area contributed by atoms with E-state index in [-0.39, 0.29) is 6.01 Å². The molecule has 1 N–H and O–H groups in total. The summed E-state index contributed by atoms with van der Waals surface area (Å²) in [5, 5.41) is 3.16. The average molecular weight is 291 g/mol. The third-order valence-electron chi connectivity index (χ3n) is 2.88. The first-order valence-electron chi connectivity index (χ1n) is 7.37. The van der Waals surface area contributed by atoms with Crippen molar-refractivity contribution in [3.8, 4) is 18.4 Å². The Bertz CT molecular complexity index is 491. The van der Waals surface area contributed by atoms with E-state index in [1.54, 1.807) is 13.8 Å². The summed E-state index contributed by atoms with van der Waals surface area (Å²) in [4.78, 5) is 15.1. The van der Waals surface area contributed by atoms with Crippen molar-refractivity contribution >= 4 is 11.9 Å². The van der Waals surface area contributed by atoms with Gasteiger partial charge in [0.2, 0.25) is 11.9 Å². The minimum absolute atomic E-state index is 0.244. The number of nitrogens with zero attached hydrogens (tertiary/aromatic N) is 4. The van der Waals surface area contributed by atoms with E-state index in [9.17, 15) is 0 Å². The molecule has 1 heterocycles. The molecule has 1 rings (SSSR count). The molecule has 21 heavy (non-hydrogen) atoms. The van der Waals surface area contributed by atoms with Crippen LogP contribution in [-0.4, -0.2) is 40.2 Å². The fraction of sp³-hybridized carbons (Fsp3) is 0.667. The molecule has 0 aliphatic rings. The van der Waals surface area contributed by atoms with Crippen molar-refractivity contribution in [2.75, 3.05) is 29.9 Å². The van der Waals surface area contributed by atoms with Crippen LogP contribution in [0.15, 0.2) is 0 Å². The molecule has 0 atom stereocenters. The molecule has 0 saturated carbocycles. The first kappa shape index (κ1) is 17.0. The van der Waals surface area contributed by atoms with Gasteiger partial charge < -0.3 is 15.0 Å². The fourth-order valence-corrected chi connectivity index (χ4v) is 1.61. The van der Waals surface area contributed by atoms with E-state index in [0.717, 1.165) is 26.1 Å². The standard InChI is InChI=1S/C15H25N5O/c1-7-11-16-12-17-13(20(9-3)10-4)19-14(18-12)21-15(5,6)8-2/h2H,7,9-11H2,1,3-6H3,(H,16,17,18,19). The van der Waals surface area contributed by atoms with Crippen LogP contribution in [0.1, 0.15) is 41.0 Å². The first-order chi connectivity index (χ1) is 9.95. The Labute approximate surface area is 127 Å². The summed E-state index contributed by atoms with van der Waals surface area (Å²) in [6.07, 6.45) is 6.43. The van der Waals surface area contributed by atoms with Gasteiger partial charge in [0.1, 0.15) is 0 Å². The zero-order chi connectivity index (χ0) is 15.9. The number of nitrogens with one attached hydrogen (secondary N) is 1. The number of terminal acetylenes is 1. The highest BCUT2D eigenvalue weighted by Gasteiger charge is 2.20. The van der Waals surface area contributed by atoms with Gasteiger partial charge in [-0.3, -0.25) is 0 Å². The van der Waals surface area contributed by atoms with Gasteiger partial charge in [-0.15, -0.1) is 6.42 Å². The second-order valence-electron chi connectivity index (χ2n) is 5.10. The van der Waals surface area contributed by atoms with E-state index in [0.29, 0.717) is 11.9 Å². The Morgan fingerprint density at radius 1 is 1.19 bits per heavy atom. The predicted octanol–water partition coefficient (Wildman–Crippen LogP) is 2.33. The molecule has 116 valence electrons. The molecule has 0 fully saturated rings. The monoisotopic (exact) mass is 291 g/mol. The maximum Gasteiger partial charge on any atom is 0.324 e. The molecule has 0 aromatic carbocycles. The van der Waals surface area contributed by atoms with E-state index in [4.69, 9.17) is 11.2 Å². The Kier molecular flexibility index (Phi) is 6.22. The van der Waals surface area contributed by atoms with Crippen molar-refractivity contribution < 1.29 is 4.74 Å². The first-order valence-corrected chi connectivity index (χ1v) is 7.37. The lowest BCUT2D eigenvalue weighted by atomic mass is 10.2. The Balaban J connectivity index is 3.11. The highest BCUT2D eigenvalue weighted by atomic mass is 16.5. The molecule has 0 bridgehead atoms. The largest absolute Gasteiger partial charge is 0.444 e. The van der Waals surface area contributed by atoms with Gasteiger partial charge in [-0.2, -0.15) is 15.0 Å². The van der Waals surface area contributed by atoms with E-state index in [1.165, 1.54) is 0 Å². The number of aromatic nitrogens is 3. The summed E-state index contributed by atoms with van der Waals surface area (Å²) in [5.74, 6) is 3.68. The smallest absolute Gasteiger partial charge is 0.324 e. The van der Waals surface area contributed by atoms with Gasteiger partial charge in [0.25, 0.3) is 0 Å². The molecular weight excluding hydrogens is 266 g/mol. The molecule has 0 unspecified atom stereocenters. The molecule has 0 radical (unpaired) electrons. The molecular formula is C15H25N5O. The maximum atomic E-state index is 5.69. The third-order valence-corrected chi connectivity index (χ3v) is 2.88. The number of hydrogen-bond acceptors (Lipinski definition) is 6. The number of hydrogen-bond donors (Lipinski definition) is 1. The summed E-state index contributed by atoms with van der Waals surface area (Å²) in [6, 6.07) is 0.244. The molecule has 0 saturated heterocycles. The van der Waals surface area contributed by atoms with Crippen molar-refractivity contribution in [2.45, 2.75) is 46.6 Å². The van der Waals surface area contributed by atoms with E-state index < -0.39 is 5.60 Å². The third kappa shape index (κ3) is 5.10. The van der Waals surface area contributed by atoms with Crippen molar-refractivity contribution in [3.05, 3.63) is 0 Å². The van der Waals surface area contributed by atoms with Crippen LogP contribution in [0.25, 0.3) is 0 Å². The van der Waals surface area contributed by atoms with Crippen molar-refractivity contribution in [1.82, 2.24) is 15.0 Å². The summed E-state index contributed by atoms with van der Waals surface area (Å²) >= 11 is 0. The molecule has 1 aromatic rings. The molecule has 0 aliphatic heterocycles. The molecule has 0 amide bonds. The van der Waals surface area contributed by atoms with Gasteiger partial charge in [0, 0.05) is 19.6 Å². The summed E-state index contributed by atoms with van der Waals surface area (Å²) in [7, 11) is 0. The topological polar surface area (TPSA) is 63.2 Å². The molecule has 6 nitrogen and oxygen atoms in total. The summed E-state index contributed by atoms with van der Waals surface area (Å²) in [6.45, 7) is 12.2. The number of ether oxygens (including phenoxy) is 1. The fourth-order valence-electron chi connectivity index (χ4n) is 1.61. The van der Waals surface area contributed by atoms with Crippen LogP contribution < -0.4 is 15.0 Å². The second-order valence-corrected chi connectivity index (χ2v) is 5.10. The molecule has 0 aliphatic carbocycles. The van der Waals surface area contributed by atoms with Crippen LogP contribution in [0.5, 0.6) is 6.01 Å².